The third-order valence-corrected chi connectivity index (χ3v) is 2.73. The molecule has 1 aromatic carbocycles. The minimum absolute atomic E-state index is 0.0756. The quantitative estimate of drug-likeness (QED) is 0.591. The van der Waals surface area contributed by atoms with Crippen LogP contribution in [-0.4, -0.2) is 13.6 Å². The van der Waals surface area contributed by atoms with Crippen molar-refractivity contribution in [3.63, 3.8) is 0 Å². The van der Waals surface area contributed by atoms with Crippen molar-refractivity contribution < 1.29 is 4.39 Å². The standard InChI is InChI=1S/C11H14FN/c1-11(2)7-13(3)10-8(11)5-4-6-9(10)12/h4-6H,7H2,1-3H3. The zero-order valence-electron chi connectivity index (χ0n) is 8.26. The lowest BCUT2D eigenvalue weighted by Crippen LogP contribution is -2.25. The molecule has 70 valence electrons. The fraction of sp³-hybridized carbons (Fsp3) is 0.455. The highest BCUT2D eigenvalue weighted by Crippen LogP contribution is 2.40. The lowest BCUT2D eigenvalue weighted by atomic mass is 9.87. The molecule has 0 unspecified atom stereocenters. The molecule has 2 heteroatoms. The number of anilines is 1. The first-order chi connectivity index (χ1) is 6.02. The van der Waals surface area contributed by atoms with Crippen LogP contribution >= 0.6 is 0 Å². The number of rotatable bonds is 0. The number of hydrogen-bond donors (Lipinski definition) is 0. The van der Waals surface area contributed by atoms with E-state index in [1.165, 1.54) is 6.07 Å². The molecule has 0 atom stereocenters. The van der Waals surface area contributed by atoms with Crippen molar-refractivity contribution in [2.45, 2.75) is 19.3 Å². The van der Waals surface area contributed by atoms with Crippen LogP contribution in [0.2, 0.25) is 0 Å². The van der Waals surface area contributed by atoms with Crippen molar-refractivity contribution in [2.24, 2.45) is 0 Å². The summed E-state index contributed by atoms with van der Waals surface area (Å²) < 4.78 is 13.4. The van der Waals surface area contributed by atoms with E-state index in [-0.39, 0.29) is 11.2 Å². The Bertz CT molecular complexity index is 344. The molecule has 2 rings (SSSR count). The van der Waals surface area contributed by atoms with Crippen LogP contribution in [0.3, 0.4) is 0 Å². The van der Waals surface area contributed by atoms with E-state index in [0.717, 1.165) is 17.8 Å². The van der Waals surface area contributed by atoms with Gasteiger partial charge in [-0.05, 0) is 11.6 Å². The fourth-order valence-electron chi connectivity index (χ4n) is 2.21. The van der Waals surface area contributed by atoms with E-state index < -0.39 is 0 Å². The van der Waals surface area contributed by atoms with E-state index in [2.05, 4.69) is 13.8 Å². The van der Waals surface area contributed by atoms with E-state index in [4.69, 9.17) is 0 Å². The van der Waals surface area contributed by atoms with Gasteiger partial charge in [0, 0.05) is 19.0 Å². The van der Waals surface area contributed by atoms with Crippen molar-refractivity contribution in [3.8, 4) is 0 Å². The molecule has 0 saturated heterocycles. The summed E-state index contributed by atoms with van der Waals surface area (Å²) in [5, 5.41) is 0. The van der Waals surface area contributed by atoms with Gasteiger partial charge in [0.25, 0.3) is 0 Å². The molecule has 0 saturated carbocycles. The average Bonchev–Trinajstić information content (AvgIpc) is 2.24. The molecule has 0 amide bonds. The topological polar surface area (TPSA) is 3.24 Å². The molecule has 13 heavy (non-hydrogen) atoms. The number of benzene rings is 1. The number of likely N-dealkylation sites (N-methyl/N-ethyl adjacent to an activating group) is 1. The maximum Gasteiger partial charge on any atom is 0.146 e. The van der Waals surface area contributed by atoms with Crippen molar-refractivity contribution in [3.05, 3.63) is 29.6 Å². The first-order valence-corrected chi connectivity index (χ1v) is 4.52. The lowest BCUT2D eigenvalue weighted by Gasteiger charge is -2.18. The van der Waals surface area contributed by atoms with Crippen molar-refractivity contribution in [2.75, 3.05) is 18.5 Å². The van der Waals surface area contributed by atoms with Gasteiger partial charge in [-0.15, -0.1) is 0 Å². The molecule has 0 radical (unpaired) electrons. The summed E-state index contributed by atoms with van der Waals surface area (Å²) in [6, 6.07) is 5.33. The molecular weight excluding hydrogens is 165 g/mol. The molecule has 0 N–H and O–H groups in total. The number of fused-ring (bicyclic) bond motifs is 1. The van der Waals surface area contributed by atoms with Gasteiger partial charge in [-0.1, -0.05) is 26.0 Å². The number of nitrogens with zero attached hydrogens (tertiary/aromatic N) is 1. The fourth-order valence-corrected chi connectivity index (χ4v) is 2.21. The van der Waals surface area contributed by atoms with Crippen LogP contribution in [0.15, 0.2) is 18.2 Å². The average molecular weight is 179 g/mol. The van der Waals surface area contributed by atoms with Crippen LogP contribution in [0.1, 0.15) is 19.4 Å². The number of halogens is 1. The molecule has 1 aromatic rings. The summed E-state index contributed by atoms with van der Waals surface area (Å²) in [5.74, 6) is -0.106. The van der Waals surface area contributed by atoms with Gasteiger partial charge in [-0.25, -0.2) is 4.39 Å². The molecule has 0 spiro atoms. The molecule has 0 bridgehead atoms. The van der Waals surface area contributed by atoms with Crippen molar-refractivity contribution >= 4 is 5.69 Å². The van der Waals surface area contributed by atoms with Gasteiger partial charge in [0.05, 0.1) is 5.69 Å². The Balaban J connectivity index is 2.65. The summed E-state index contributed by atoms with van der Waals surface area (Å²) in [5.41, 5.74) is 1.97. The molecule has 0 aromatic heterocycles. The Morgan fingerprint density at radius 1 is 1.38 bits per heavy atom. The summed E-state index contributed by atoms with van der Waals surface area (Å²) in [4.78, 5) is 1.99. The van der Waals surface area contributed by atoms with E-state index in [0.29, 0.717) is 0 Å². The molecule has 1 aliphatic heterocycles. The van der Waals surface area contributed by atoms with Gasteiger partial charge >= 0.3 is 0 Å². The highest BCUT2D eigenvalue weighted by Gasteiger charge is 2.34. The maximum absolute atomic E-state index is 13.4. The first kappa shape index (κ1) is 8.54. The van der Waals surface area contributed by atoms with Gasteiger partial charge in [0.2, 0.25) is 0 Å². The van der Waals surface area contributed by atoms with Crippen LogP contribution in [-0.2, 0) is 5.41 Å². The van der Waals surface area contributed by atoms with Crippen LogP contribution in [0, 0.1) is 5.82 Å². The van der Waals surface area contributed by atoms with Crippen LogP contribution in [0.5, 0.6) is 0 Å². The van der Waals surface area contributed by atoms with Crippen LogP contribution in [0.4, 0.5) is 10.1 Å². The van der Waals surface area contributed by atoms with E-state index in [1.807, 2.05) is 18.0 Å². The normalized spacial score (nSPS) is 18.9. The summed E-state index contributed by atoms with van der Waals surface area (Å²) in [6.07, 6.45) is 0. The Kier molecular flexibility index (Phi) is 1.62. The third kappa shape index (κ3) is 1.12. The van der Waals surface area contributed by atoms with E-state index in [1.54, 1.807) is 6.07 Å². The highest BCUT2D eigenvalue weighted by atomic mass is 19.1. The van der Waals surface area contributed by atoms with Gasteiger partial charge < -0.3 is 4.90 Å². The van der Waals surface area contributed by atoms with Gasteiger partial charge in [0.1, 0.15) is 5.82 Å². The van der Waals surface area contributed by atoms with E-state index in [9.17, 15) is 4.39 Å². The van der Waals surface area contributed by atoms with Gasteiger partial charge in [-0.2, -0.15) is 0 Å². The second-order valence-corrected chi connectivity index (χ2v) is 4.38. The largest absolute Gasteiger partial charge is 0.371 e. The predicted molar refractivity (Wildman–Crippen MR) is 52.7 cm³/mol. The molecule has 0 fully saturated rings. The second kappa shape index (κ2) is 2.47. The van der Waals surface area contributed by atoms with E-state index >= 15 is 0 Å². The molecule has 0 aliphatic carbocycles. The molecule has 1 nitrogen and oxygen atoms in total. The molecule has 1 aliphatic rings. The Labute approximate surface area is 78.2 Å². The van der Waals surface area contributed by atoms with Crippen LogP contribution < -0.4 is 4.90 Å². The molecule has 1 heterocycles. The zero-order valence-corrected chi connectivity index (χ0v) is 8.26. The Hall–Kier alpha value is -1.05. The summed E-state index contributed by atoms with van der Waals surface area (Å²) >= 11 is 0. The highest BCUT2D eigenvalue weighted by molar-refractivity contribution is 5.62. The van der Waals surface area contributed by atoms with Crippen molar-refractivity contribution in [1.29, 1.82) is 0 Å². The van der Waals surface area contributed by atoms with Crippen molar-refractivity contribution in [1.82, 2.24) is 0 Å². The predicted octanol–water partition coefficient (Wildman–Crippen LogP) is 2.55. The summed E-state index contributed by atoms with van der Waals surface area (Å²) in [7, 11) is 1.94. The Morgan fingerprint density at radius 2 is 2.08 bits per heavy atom. The van der Waals surface area contributed by atoms with Crippen LogP contribution in [0.25, 0.3) is 0 Å². The first-order valence-electron chi connectivity index (χ1n) is 4.52. The lowest BCUT2D eigenvalue weighted by molar-refractivity contribution is 0.563. The SMILES string of the molecule is CN1CC(C)(C)c2cccc(F)c21. The maximum atomic E-state index is 13.4. The summed E-state index contributed by atoms with van der Waals surface area (Å²) in [6.45, 7) is 5.19. The third-order valence-electron chi connectivity index (χ3n) is 2.73. The van der Waals surface area contributed by atoms with Gasteiger partial charge in [-0.3, -0.25) is 0 Å². The number of para-hydroxylation sites is 1. The van der Waals surface area contributed by atoms with Gasteiger partial charge in [0.15, 0.2) is 0 Å². The molecular formula is C11H14FN. The smallest absolute Gasteiger partial charge is 0.146 e. The minimum atomic E-state index is -0.106. The second-order valence-electron chi connectivity index (χ2n) is 4.38. The Morgan fingerprint density at radius 3 is 2.69 bits per heavy atom. The monoisotopic (exact) mass is 179 g/mol. The zero-order chi connectivity index (χ0) is 9.64. The number of hydrogen-bond acceptors (Lipinski definition) is 1. The minimum Gasteiger partial charge on any atom is -0.371 e.